The molecule has 0 bridgehead atoms. The zero-order chi connectivity index (χ0) is 17.0. The van der Waals surface area contributed by atoms with Gasteiger partial charge in [-0.1, -0.05) is 30.3 Å². The van der Waals surface area contributed by atoms with Gasteiger partial charge in [-0.2, -0.15) is 0 Å². The first-order chi connectivity index (χ1) is 10.8. The van der Waals surface area contributed by atoms with Crippen molar-refractivity contribution < 1.29 is 19.4 Å². The molecule has 2 amide bonds. The van der Waals surface area contributed by atoms with Crippen LogP contribution in [0.25, 0.3) is 0 Å². The van der Waals surface area contributed by atoms with E-state index in [2.05, 4.69) is 0 Å². The van der Waals surface area contributed by atoms with Crippen LogP contribution >= 0.6 is 0 Å². The SMILES string of the molecule is CC(C)(C)OC(=O)N1CC(=O)N(Cc2ccccc2)[C@@H](CO)C1. The van der Waals surface area contributed by atoms with Gasteiger partial charge >= 0.3 is 6.09 Å². The molecule has 1 aliphatic heterocycles. The fourth-order valence-corrected chi connectivity index (χ4v) is 2.49. The average Bonchev–Trinajstić information content (AvgIpc) is 2.48. The summed E-state index contributed by atoms with van der Waals surface area (Å²) in [6, 6.07) is 9.17. The van der Waals surface area contributed by atoms with E-state index in [4.69, 9.17) is 4.74 Å². The summed E-state index contributed by atoms with van der Waals surface area (Å²) < 4.78 is 5.31. The van der Waals surface area contributed by atoms with Crippen molar-refractivity contribution in [3.8, 4) is 0 Å². The third kappa shape index (κ3) is 4.69. The van der Waals surface area contributed by atoms with E-state index in [1.165, 1.54) is 4.90 Å². The van der Waals surface area contributed by atoms with E-state index < -0.39 is 17.7 Å². The van der Waals surface area contributed by atoms with Gasteiger partial charge in [0.1, 0.15) is 12.1 Å². The molecule has 2 rings (SSSR count). The number of hydrogen-bond acceptors (Lipinski definition) is 4. The molecule has 6 heteroatoms. The number of carbonyl (C=O) groups excluding carboxylic acids is 2. The van der Waals surface area contributed by atoms with Crippen molar-refractivity contribution >= 4 is 12.0 Å². The third-order valence-corrected chi connectivity index (χ3v) is 3.58. The molecule has 0 spiro atoms. The molecule has 1 aromatic carbocycles. The first-order valence-corrected chi connectivity index (χ1v) is 7.72. The highest BCUT2D eigenvalue weighted by molar-refractivity contribution is 5.84. The summed E-state index contributed by atoms with van der Waals surface area (Å²) in [5, 5.41) is 9.62. The molecule has 1 aliphatic rings. The topological polar surface area (TPSA) is 70.1 Å². The van der Waals surface area contributed by atoms with Gasteiger partial charge in [0.05, 0.1) is 12.6 Å². The van der Waals surface area contributed by atoms with Gasteiger partial charge < -0.3 is 14.7 Å². The first kappa shape index (κ1) is 17.3. The van der Waals surface area contributed by atoms with Gasteiger partial charge in [-0.15, -0.1) is 0 Å². The van der Waals surface area contributed by atoms with Crippen molar-refractivity contribution in [1.82, 2.24) is 9.80 Å². The smallest absolute Gasteiger partial charge is 0.410 e. The molecular weight excluding hydrogens is 296 g/mol. The van der Waals surface area contributed by atoms with E-state index in [-0.39, 0.29) is 25.6 Å². The molecular formula is C17H24N2O4. The number of aliphatic hydroxyl groups is 1. The number of hydrogen-bond donors (Lipinski definition) is 1. The Balaban J connectivity index is 2.06. The lowest BCUT2D eigenvalue weighted by Crippen LogP contribution is -2.59. The molecule has 1 N–H and O–H groups in total. The largest absolute Gasteiger partial charge is 0.444 e. The Kier molecular flexibility index (Phi) is 5.26. The number of carbonyl (C=O) groups is 2. The molecule has 126 valence electrons. The fourth-order valence-electron chi connectivity index (χ4n) is 2.49. The molecule has 0 aromatic heterocycles. The van der Waals surface area contributed by atoms with Crippen molar-refractivity contribution in [2.45, 2.75) is 39.0 Å². The van der Waals surface area contributed by atoms with Gasteiger partial charge in [-0.05, 0) is 26.3 Å². The molecule has 6 nitrogen and oxygen atoms in total. The summed E-state index contributed by atoms with van der Waals surface area (Å²) >= 11 is 0. The Bertz CT molecular complexity index is 553. The second-order valence-electron chi connectivity index (χ2n) is 6.70. The lowest BCUT2D eigenvalue weighted by molar-refractivity contribution is -0.141. The Morgan fingerprint density at radius 2 is 1.96 bits per heavy atom. The third-order valence-electron chi connectivity index (χ3n) is 3.58. The van der Waals surface area contributed by atoms with E-state index in [9.17, 15) is 14.7 Å². The predicted octanol–water partition coefficient (Wildman–Crippen LogP) is 1.63. The fraction of sp³-hybridized carbons (Fsp3) is 0.529. The van der Waals surface area contributed by atoms with Crippen molar-refractivity contribution in [3.63, 3.8) is 0 Å². The molecule has 0 saturated carbocycles. The molecule has 1 saturated heterocycles. The van der Waals surface area contributed by atoms with E-state index in [1.807, 2.05) is 30.3 Å². The van der Waals surface area contributed by atoms with Gasteiger partial charge in [0.25, 0.3) is 0 Å². The van der Waals surface area contributed by atoms with Gasteiger partial charge in [-0.3, -0.25) is 9.69 Å². The summed E-state index contributed by atoms with van der Waals surface area (Å²) in [6.45, 7) is 5.80. The van der Waals surface area contributed by atoms with Crippen LogP contribution in [0, 0.1) is 0 Å². The summed E-state index contributed by atoms with van der Waals surface area (Å²) in [5.41, 5.74) is 0.376. The standard InChI is InChI=1S/C17H24N2O4/c1-17(2,3)23-16(22)18-10-14(12-20)19(15(21)11-18)9-13-7-5-4-6-8-13/h4-8,14,20H,9-12H2,1-3H3/t14-/m1/s1. The Morgan fingerprint density at radius 1 is 1.30 bits per heavy atom. The van der Waals surface area contributed by atoms with E-state index in [1.54, 1.807) is 25.7 Å². The molecule has 0 aliphatic carbocycles. The predicted molar refractivity (Wildman–Crippen MR) is 85.7 cm³/mol. The summed E-state index contributed by atoms with van der Waals surface area (Å²) in [4.78, 5) is 27.5. The molecule has 0 unspecified atom stereocenters. The van der Waals surface area contributed by atoms with Gasteiger partial charge in [0, 0.05) is 13.1 Å². The van der Waals surface area contributed by atoms with Crippen molar-refractivity contribution in [2.24, 2.45) is 0 Å². The maximum Gasteiger partial charge on any atom is 0.410 e. The zero-order valence-electron chi connectivity index (χ0n) is 13.9. The normalized spacial score (nSPS) is 19.0. The highest BCUT2D eigenvalue weighted by Gasteiger charge is 2.36. The van der Waals surface area contributed by atoms with Gasteiger partial charge in [0.15, 0.2) is 0 Å². The van der Waals surface area contributed by atoms with Crippen LogP contribution < -0.4 is 0 Å². The Hall–Kier alpha value is -2.08. The zero-order valence-corrected chi connectivity index (χ0v) is 13.9. The van der Waals surface area contributed by atoms with E-state index in [0.29, 0.717) is 6.54 Å². The second kappa shape index (κ2) is 7.00. The van der Waals surface area contributed by atoms with Crippen LogP contribution in [0.15, 0.2) is 30.3 Å². The van der Waals surface area contributed by atoms with Crippen LogP contribution in [0.2, 0.25) is 0 Å². The monoisotopic (exact) mass is 320 g/mol. The molecule has 1 fully saturated rings. The maximum atomic E-state index is 12.4. The first-order valence-electron chi connectivity index (χ1n) is 7.72. The molecule has 1 heterocycles. The number of benzene rings is 1. The van der Waals surface area contributed by atoms with E-state index in [0.717, 1.165) is 5.56 Å². The number of rotatable bonds is 3. The van der Waals surface area contributed by atoms with E-state index >= 15 is 0 Å². The number of amides is 2. The highest BCUT2D eigenvalue weighted by atomic mass is 16.6. The number of piperazine rings is 1. The van der Waals surface area contributed by atoms with Gasteiger partial charge in [-0.25, -0.2) is 4.79 Å². The summed E-state index contributed by atoms with van der Waals surface area (Å²) in [6.07, 6.45) is -0.524. The Morgan fingerprint density at radius 3 is 2.52 bits per heavy atom. The van der Waals surface area contributed by atoms with Crippen LogP contribution in [-0.2, 0) is 16.1 Å². The Labute approximate surface area is 136 Å². The average molecular weight is 320 g/mol. The minimum absolute atomic E-state index is 0.0295. The second-order valence-corrected chi connectivity index (χ2v) is 6.70. The lowest BCUT2D eigenvalue weighted by Gasteiger charge is -2.40. The maximum absolute atomic E-state index is 12.4. The number of nitrogens with zero attached hydrogens (tertiary/aromatic N) is 2. The molecule has 23 heavy (non-hydrogen) atoms. The van der Waals surface area contributed by atoms with Crippen LogP contribution in [0.3, 0.4) is 0 Å². The minimum Gasteiger partial charge on any atom is -0.444 e. The minimum atomic E-state index is -0.615. The van der Waals surface area contributed by atoms with Gasteiger partial charge in [0.2, 0.25) is 5.91 Å². The summed E-state index contributed by atoms with van der Waals surface area (Å²) in [5.74, 6) is -0.190. The molecule has 1 aromatic rings. The van der Waals surface area contributed by atoms with Crippen LogP contribution in [0.1, 0.15) is 26.3 Å². The number of ether oxygens (including phenoxy) is 1. The summed E-state index contributed by atoms with van der Waals surface area (Å²) in [7, 11) is 0. The molecule has 1 atom stereocenters. The van der Waals surface area contributed by atoms with Crippen molar-refractivity contribution in [3.05, 3.63) is 35.9 Å². The highest BCUT2D eigenvalue weighted by Crippen LogP contribution is 2.18. The van der Waals surface area contributed by atoms with Crippen LogP contribution in [0.4, 0.5) is 4.79 Å². The quantitative estimate of drug-likeness (QED) is 0.919. The molecule has 0 radical (unpaired) electrons. The van der Waals surface area contributed by atoms with Crippen molar-refractivity contribution in [2.75, 3.05) is 19.7 Å². The van der Waals surface area contributed by atoms with Crippen molar-refractivity contribution in [1.29, 1.82) is 0 Å². The number of aliphatic hydroxyl groups excluding tert-OH is 1. The van der Waals surface area contributed by atoms with Crippen LogP contribution in [-0.4, -0.2) is 58.2 Å². The van der Waals surface area contributed by atoms with Crippen LogP contribution in [0.5, 0.6) is 0 Å². The lowest BCUT2D eigenvalue weighted by atomic mass is 10.1.